The molecule has 0 fully saturated rings. The molecular weight excluding hydrogens is 402 g/mol. The molecule has 7 heteroatoms. The number of aromatic amines is 1. The Morgan fingerprint density at radius 2 is 1.97 bits per heavy atom. The maximum atomic E-state index is 13.2. The van der Waals surface area contributed by atoms with Crippen LogP contribution in [0.25, 0.3) is 21.9 Å². The van der Waals surface area contributed by atoms with E-state index in [0.29, 0.717) is 5.69 Å². The zero-order valence-electron chi connectivity index (χ0n) is 18.5. The van der Waals surface area contributed by atoms with Crippen molar-refractivity contribution in [3.8, 4) is 16.9 Å². The molecule has 0 radical (unpaired) electrons. The first-order chi connectivity index (χ1) is 15.5. The first kappa shape index (κ1) is 21.5. The van der Waals surface area contributed by atoms with Gasteiger partial charge in [0.1, 0.15) is 11.4 Å². The highest BCUT2D eigenvalue weighted by Crippen LogP contribution is 2.25. The van der Waals surface area contributed by atoms with Gasteiger partial charge in [-0.25, -0.2) is 0 Å². The third kappa shape index (κ3) is 4.95. The lowest BCUT2D eigenvalue weighted by Gasteiger charge is -2.21. The molecule has 2 heterocycles. The van der Waals surface area contributed by atoms with Crippen molar-refractivity contribution in [2.75, 3.05) is 27.7 Å². The summed E-state index contributed by atoms with van der Waals surface area (Å²) in [6, 6.07) is 15.6. The molecule has 0 aliphatic heterocycles. The van der Waals surface area contributed by atoms with Crippen LogP contribution in [0.4, 0.5) is 0 Å². The number of aromatic nitrogens is 3. The Balaban J connectivity index is 1.60. The first-order valence-electron chi connectivity index (χ1n) is 10.5. The zero-order chi connectivity index (χ0) is 22.5. The van der Waals surface area contributed by atoms with Gasteiger partial charge in [-0.3, -0.25) is 14.9 Å². The van der Waals surface area contributed by atoms with E-state index in [4.69, 9.17) is 4.74 Å². The van der Waals surface area contributed by atoms with Crippen LogP contribution in [0.3, 0.4) is 0 Å². The third-order valence-electron chi connectivity index (χ3n) is 5.45. The summed E-state index contributed by atoms with van der Waals surface area (Å²) in [5, 5.41) is 11.9. The minimum Gasteiger partial charge on any atom is -0.497 e. The second kappa shape index (κ2) is 9.62. The molecule has 4 rings (SSSR count). The number of nitrogens with one attached hydrogen (secondary N) is 2. The van der Waals surface area contributed by atoms with Crippen LogP contribution < -0.4 is 10.1 Å². The largest absolute Gasteiger partial charge is 0.497 e. The number of benzene rings is 2. The molecule has 0 aliphatic carbocycles. The number of fused-ring (bicyclic) bond motifs is 1. The Kier molecular flexibility index (Phi) is 6.47. The number of carbonyl (C=O) groups is 1. The fraction of sp³-hybridized carbons (Fsp3) is 0.240. The highest BCUT2D eigenvalue weighted by molar-refractivity contribution is 5.97. The second-order valence-electron chi connectivity index (χ2n) is 8.01. The molecule has 0 bridgehead atoms. The van der Waals surface area contributed by atoms with Gasteiger partial charge < -0.3 is 15.0 Å². The summed E-state index contributed by atoms with van der Waals surface area (Å²) in [6.07, 6.45) is 6.13. The molecule has 2 N–H and O–H groups in total. The standard InChI is InChI=1S/C25H27N5O2/c1-30(2)10-9-23(18-5-4-6-22(12-18)32-3)29-25(31)24-13-20-11-17(21-15-27-28-16-21)7-8-19(20)14-26-24/h4-8,11-16,23H,9-10H2,1-3H3,(H,27,28)(H,29,31). The van der Waals surface area contributed by atoms with E-state index in [9.17, 15) is 4.79 Å². The highest BCUT2D eigenvalue weighted by Gasteiger charge is 2.18. The molecule has 1 unspecified atom stereocenters. The molecule has 2 aromatic heterocycles. The van der Waals surface area contributed by atoms with Crippen molar-refractivity contribution in [2.24, 2.45) is 0 Å². The monoisotopic (exact) mass is 429 g/mol. The number of rotatable bonds is 8. The van der Waals surface area contributed by atoms with Crippen LogP contribution in [0.2, 0.25) is 0 Å². The Hall–Kier alpha value is -3.71. The van der Waals surface area contributed by atoms with E-state index in [0.717, 1.165) is 46.2 Å². The summed E-state index contributed by atoms with van der Waals surface area (Å²) in [7, 11) is 5.68. The average molecular weight is 430 g/mol. The highest BCUT2D eigenvalue weighted by atomic mass is 16.5. The first-order valence-corrected chi connectivity index (χ1v) is 10.5. The molecule has 0 saturated carbocycles. The van der Waals surface area contributed by atoms with Crippen LogP contribution in [-0.2, 0) is 0 Å². The maximum absolute atomic E-state index is 13.2. The van der Waals surface area contributed by atoms with Crippen LogP contribution in [0, 0.1) is 0 Å². The van der Waals surface area contributed by atoms with Crippen molar-refractivity contribution < 1.29 is 9.53 Å². The van der Waals surface area contributed by atoms with Gasteiger partial charge in [-0.15, -0.1) is 0 Å². The van der Waals surface area contributed by atoms with E-state index in [-0.39, 0.29) is 11.9 Å². The number of nitrogens with zero attached hydrogens (tertiary/aromatic N) is 3. The van der Waals surface area contributed by atoms with Gasteiger partial charge in [0.05, 0.1) is 19.3 Å². The minimum absolute atomic E-state index is 0.158. The van der Waals surface area contributed by atoms with Gasteiger partial charge in [0, 0.05) is 23.3 Å². The molecule has 0 spiro atoms. The minimum atomic E-state index is -0.202. The fourth-order valence-electron chi connectivity index (χ4n) is 3.65. The van der Waals surface area contributed by atoms with Crippen molar-refractivity contribution in [3.63, 3.8) is 0 Å². The lowest BCUT2D eigenvalue weighted by atomic mass is 10.0. The van der Waals surface area contributed by atoms with Crippen molar-refractivity contribution in [2.45, 2.75) is 12.5 Å². The van der Waals surface area contributed by atoms with E-state index < -0.39 is 0 Å². The van der Waals surface area contributed by atoms with Gasteiger partial charge >= 0.3 is 0 Å². The average Bonchev–Trinajstić information content (AvgIpc) is 3.36. The molecule has 0 aliphatic rings. The molecule has 32 heavy (non-hydrogen) atoms. The lowest BCUT2D eigenvalue weighted by Crippen LogP contribution is -2.31. The number of pyridine rings is 1. The maximum Gasteiger partial charge on any atom is 0.270 e. The van der Waals surface area contributed by atoms with Crippen LogP contribution in [0.1, 0.15) is 28.5 Å². The van der Waals surface area contributed by atoms with E-state index >= 15 is 0 Å². The number of methoxy groups -OCH3 is 1. The smallest absolute Gasteiger partial charge is 0.270 e. The van der Waals surface area contributed by atoms with E-state index in [2.05, 4.69) is 25.4 Å². The number of ether oxygens (including phenoxy) is 1. The van der Waals surface area contributed by atoms with Crippen LogP contribution in [-0.4, -0.2) is 53.7 Å². The molecule has 0 saturated heterocycles. The number of carbonyl (C=O) groups excluding carboxylic acids is 1. The number of hydrogen-bond donors (Lipinski definition) is 2. The quantitative estimate of drug-likeness (QED) is 0.441. The molecule has 164 valence electrons. The fourth-order valence-corrected chi connectivity index (χ4v) is 3.65. The van der Waals surface area contributed by atoms with Crippen molar-refractivity contribution >= 4 is 16.7 Å². The van der Waals surface area contributed by atoms with Gasteiger partial charge in [-0.1, -0.05) is 24.3 Å². The summed E-state index contributed by atoms with van der Waals surface area (Å²) in [4.78, 5) is 19.7. The van der Waals surface area contributed by atoms with E-state index in [1.165, 1.54) is 0 Å². The SMILES string of the molecule is COc1cccc(C(CCN(C)C)NC(=O)c2cc3cc(-c4cn[nH]c4)ccc3cn2)c1. The third-order valence-corrected chi connectivity index (χ3v) is 5.45. The van der Waals surface area contributed by atoms with Crippen LogP contribution in [0.15, 0.2) is 67.1 Å². The Morgan fingerprint density at radius 3 is 2.72 bits per heavy atom. The zero-order valence-corrected chi connectivity index (χ0v) is 18.5. The van der Waals surface area contributed by atoms with E-state index in [1.54, 1.807) is 19.5 Å². The summed E-state index contributed by atoms with van der Waals surface area (Å²) in [6.45, 7) is 0.835. The number of H-pyrrole nitrogens is 1. The Bertz CT molecular complexity index is 1200. The Labute approximate surface area is 187 Å². The second-order valence-corrected chi connectivity index (χ2v) is 8.01. The summed E-state index contributed by atoms with van der Waals surface area (Å²) in [5.74, 6) is 0.564. The number of hydrogen-bond acceptors (Lipinski definition) is 5. The van der Waals surface area contributed by atoms with Gasteiger partial charge in [0.15, 0.2) is 0 Å². The summed E-state index contributed by atoms with van der Waals surface area (Å²) >= 11 is 0. The van der Waals surface area contributed by atoms with Gasteiger partial charge in [-0.2, -0.15) is 5.10 Å². The van der Waals surface area contributed by atoms with Gasteiger partial charge in [0.2, 0.25) is 0 Å². The molecule has 1 amide bonds. The predicted octanol–water partition coefficient (Wildman–Crippen LogP) is 4.06. The molecular formula is C25H27N5O2. The topological polar surface area (TPSA) is 83.1 Å². The van der Waals surface area contributed by atoms with Gasteiger partial charge in [-0.05, 0) is 67.8 Å². The van der Waals surface area contributed by atoms with E-state index in [1.807, 2.05) is 68.8 Å². The molecule has 1 atom stereocenters. The van der Waals surface area contributed by atoms with Crippen molar-refractivity contribution in [3.05, 3.63) is 78.4 Å². The van der Waals surface area contributed by atoms with Crippen LogP contribution in [0.5, 0.6) is 5.75 Å². The molecule has 2 aromatic carbocycles. The normalized spacial score (nSPS) is 12.1. The molecule has 4 aromatic rings. The lowest BCUT2D eigenvalue weighted by molar-refractivity contribution is 0.0928. The van der Waals surface area contributed by atoms with Crippen LogP contribution >= 0.6 is 0 Å². The summed E-state index contributed by atoms with van der Waals surface area (Å²) < 4.78 is 5.37. The summed E-state index contributed by atoms with van der Waals surface area (Å²) in [5.41, 5.74) is 3.42. The molecule has 7 nitrogen and oxygen atoms in total. The predicted molar refractivity (Wildman–Crippen MR) is 126 cm³/mol. The van der Waals surface area contributed by atoms with Crippen molar-refractivity contribution in [1.29, 1.82) is 0 Å². The number of amides is 1. The van der Waals surface area contributed by atoms with Gasteiger partial charge in [0.25, 0.3) is 5.91 Å². The Morgan fingerprint density at radius 1 is 1.09 bits per heavy atom. The van der Waals surface area contributed by atoms with Crippen molar-refractivity contribution in [1.82, 2.24) is 25.4 Å².